The monoisotopic (exact) mass is 531 g/mol. The summed E-state index contributed by atoms with van der Waals surface area (Å²) in [5.41, 5.74) is 1.16. The summed E-state index contributed by atoms with van der Waals surface area (Å²) in [5.74, 6) is 0.190. The van der Waals surface area contributed by atoms with Gasteiger partial charge in [-0.15, -0.1) is 0 Å². The highest BCUT2D eigenvalue weighted by atomic mass is 16.6. The summed E-state index contributed by atoms with van der Waals surface area (Å²) in [5, 5.41) is 11.4. The van der Waals surface area contributed by atoms with Gasteiger partial charge in [0.05, 0.1) is 24.5 Å². The fourth-order valence-corrected chi connectivity index (χ4v) is 4.93. The number of unbranched alkanes of at least 4 members (excludes halogenated alkanes) is 2. The lowest BCUT2D eigenvalue weighted by Gasteiger charge is -2.26. The lowest BCUT2D eigenvalue weighted by Crippen LogP contribution is -2.31. The number of aliphatic hydroxyl groups excluding tert-OH is 1. The highest BCUT2D eigenvalue weighted by molar-refractivity contribution is 6.46. The first-order chi connectivity index (χ1) is 19.1. The quantitative estimate of drug-likeness (QED) is 0.165. The Balaban J connectivity index is 1.46. The van der Waals surface area contributed by atoms with Crippen LogP contribution in [-0.2, 0) is 16.1 Å². The number of rotatable bonds is 11. The number of carbonyl (C=O) groups is 2. The smallest absolute Gasteiger partial charge is 0.295 e. The van der Waals surface area contributed by atoms with Crippen LogP contribution in [0.15, 0.2) is 66.8 Å². The van der Waals surface area contributed by atoms with E-state index >= 15 is 0 Å². The topological polar surface area (TPSA) is 103 Å². The maximum absolute atomic E-state index is 13.4. The molecule has 1 N–H and O–H groups in total. The third-order valence-electron chi connectivity index (χ3n) is 6.94. The van der Waals surface area contributed by atoms with Crippen molar-refractivity contribution in [2.45, 2.75) is 45.2 Å². The molecule has 5 rings (SSSR count). The van der Waals surface area contributed by atoms with Gasteiger partial charge in [-0.3, -0.25) is 9.59 Å². The molecular formula is C30H33N3O6. The summed E-state index contributed by atoms with van der Waals surface area (Å²) in [6.07, 6.45) is 9.08. The highest BCUT2D eigenvalue weighted by Gasteiger charge is 2.45. The van der Waals surface area contributed by atoms with Crippen LogP contribution in [0.4, 0.5) is 0 Å². The summed E-state index contributed by atoms with van der Waals surface area (Å²) >= 11 is 0. The molecule has 1 unspecified atom stereocenters. The van der Waals surface area contributed by atoms with E-state index in [1.165, 1.54) is 0 Å². The molecule has 9 heteroatoms. The normalized spacial score (nSPS) is 18.0. The van der Waals surface area contributed by atoms with Gasteiger partial charge >= 0.3 is 0 Å². The van der Waals surface area contributed by atoms with E-state index in [2.05, 4.69) is 11.9 Å². The number of amides is 1. The van der Waals surface area contributed by atoms with Crippen molar-refractivity contribution in [2.24, 2.45) is 0 Å². The number of Topliss-reactive ketones (excluding diaryl/α,β-unsaturated/α-hetero) is 1. The molecule has 0 radical (unpaired) electrons. The van der Waals surface area contributed by atoms with Gasteiger partial charge in [-0.2, -0.15) is 0 Å². The van der Waals surface area contributed by atoms with Crippen LogP contribution in [0.5, 0.6) is 17.2 Å². The van der Waals surface area contributed by atoms with Gasteiger partial charge in [0.2, 0.25) is 0 Å². The zero-order chi connectivity index (χ0) is 27.2. The van der Waals surface area contributed by atoms with E-state index in [-0.39, 0.29) is 11.3 Å². The molecule has 2 aliphatic heterocycles. The van der Waals surface area contributed by atoms with Gasteiger partial charge in [0, 0.05) is 31.0 Å². The SMILES string of the molecule is CCCCCOc1ccc(C2/C(=C(\O)c3ccc4c(c3)OCCO4)C(=O)C(=O)N2CCCn2ccnc2)cc1. The van der Waals surface area contributed by atoms with E-state index in [1.807, 2.05) is 35.0 Å². The number of benzene rings is 2. The van der Waals surface area contributed by atoms with Crippen LogP contribution in [0.3, 0.4) is 0 Å². The van der Waals surface area contributed by atoms with Gasteiger partial charge in [0.1, 0.15) is 24.7 Å². The number of aromatic nitrogens is 2. The minimum Gasteiger partial charge on any atom is -0.507 e. The van der Waals surface area contributed by atoms with E-state index < -0.39 is 17.7 Å². The Bertz CT molecular complexity index is 1330. The molecule has 1 aromatic heterocycles. The van der Waals surface area contributed by atoms with Crippen molar-refractivity contribution in [3.63, 3.8) is 0 Å². The van der Waals surface area contributed by atoms with E-state index in [9.17, 15) is 14.7 Å². The van der Waals surface area contributed by atoms with Crippen LogP contribution < -0.4 is 14.2 Å². The Labute approximate surface area is 227 Å². The first-order valence-corrected chi connectivity index (χ1v) is 13.4. The van der Waals surface area contributed by atoms with Gasteiger partial charge < -0.3 is 28.8 Å². The van der Waals surface area contributed by atoms with Crippen molar-refractivity contribution in [3.8, 4) is 17.2 Å². The third-order valence-corrected chi connectivity index (χ3v) is 6.94. The zero-order valence-electron chi connectivity index (χ0n) is 22.0. The van der Waals surface area contributed by atoms with Gasteiger partial charge in [-0.05, 0) is 48.7 Å². The van der Waals surface area contributed by atoms with Crippen molar-refractivity contribution >= 4 is 17.4 Å². The molecule has 0 aliphatic carbocycles. The second kappa shape index (κ2) is 12.1. The number of fused-ring (bicyclic) bond motifs is 1. The minimum absolute atomic E-state index is 0.0518. The number of hydrogen-bond acceptors (Lipinski definition) is 7. The van der Waals surface area contributed by atoms with Crippen molar-refractivity contribution in [2.75, 3.05) is 26.4 Å². The maximum Gasteiger partial charge on any atom is 0.295 e. The zero-order valence-corrected chi connectivity index (χ0v) is 22.0. The predicted molar refractivity (Wildman–Crippen MR) is 145 cm³/mol. The Hall–Kier alpha value is -4.27. The molecule has 1 fully saturated rings. The largest absolute Gasteiger partial charge is 0.507 e. The number of carbonyl (C=O) groups excluding carboxylic acids is 2. The van der Waals surface area contributed by atoms with Gasteiger partial charge in [0.15, 0.2) is 11.5 Å². The van der Waals surface area contributed by atoms with E-state index in [1.54, 1.807) is 35.6 Å². The lowest BCUT2D eigenvalue weighted by molar-refractivity contribution is -0.139. The predicted octanol–water partition coefficient (Wildman–Crippen LogP) is 4.74. The van der Waals surface area contributed by atoms with E-state index in [0.717, 1.165) is 30.6 Å². The molecule has 1 atom stereocenters. The molecule has 1 amide bonds. The summed E-state index contributed by atoms with van der Waals surface area (Å²) in [6, 6.07) is 11.7. The fourth-order valence-electron chi connectivity index (χ4n) is 4.93. The molecule has 2 aliphatic rings. The van der Waals surface area contributed by atoms with Crippen molar-refractivity contribution in [1.82, 2.24) is 14.5 Å². The molecule has 39 heavy (non-hydrogen) atoms. The molecule has 204 valence electrons. The van der Waals surface area contributed by atoms with Crippen molar-refractivity contribution < 1.29 is 28.9 Å². The molecule has 0 saturated carbocycles. The van der Waals surface area contributed by atoms with Crippen LogP contribution in [0, 0.1) is 0 Å². The number of likely N-dealkylation sites (tertiary alicyclic amines) is 1. The average molecular weight is 532 g/mol. The summed E-state index contributed by atoms with van der Waals surface area (Å²) in [7, 11) is 0. The first-order valence-electron chi connectivity index (χ1n) is 13.4. The molecule has 0 spiro atoms. The number of imidazole rings is 1. The number of aryl methyl sites for hydroxylation is 1. The van der Waals surface area contributed by atoms with Crippen molar-refractivity contribution in [3.05, 3.63) is 77.9 Å². The highest BCUT2D eigenvalue weighted by Crippen LogP contribution is 2.41. The van der Waals surface area contributed by atoms with Crippen LogP contribution in [-0.4, -0.2) is 57.6 Å². The molecule has 3 aromatic rings. The number of ether oxygens (including phenoxy) is 3. The summed E-state index contributed by atoms with van der Waals surface area (Å²) in [4.78, 5) is 32.2. The minimum atomic E-state index is -0.741. The summed E-state index contributed by atoms with van der Waals surface area (Å²) < 4.78 is 19.0. The van der Waals surface area contributed by atoms with Gasteiger partial charge in [0.25, 0.3) is 11.7 Å². The standard InChI is InChI=1S/C30H33N3O6/c1-2-3-4-16-37-23-9-6-21(7-10-23)27-26(28(34)22-8-11-24-25(19-22)39-18-17-38-24)29(35)30(36)33(27)14-5-13-32-15-12-31-20-32/h6-12,15,19-20,27,34H,2-5,13-14,16-18H2,1H3/b28-26+. The van der Waals surface area contributed by atoms with E-state index in [4.69, 9.17) is 14.2 Å². The van der Waals surface area contributed by atoms with E-state index in [0.29, 0.717) is 56.4 Å². The van der Waals surface area contributed by atoms with Crippen molar-refractivity contribution in [1.29, 1.82) is 0 Å². The van der Waals surface area contributed by atoms with Crippen LogP contribution in [0.1, 0.15) is 49.8 Å². The molecule has 0 bridgehead atoms. The molecule has 1 saturated heterocycles. The van der Waals surface area contributed by atoms with Gasteiger partial charge in [-0.1, -0.05) is 31.9 Å². The Morgan fingerprint density at radius 3 is 2.56 bits per heavy atom. The average Bonchev–Trinajstić information content (AvgIpc) is 3.57. The molecular weight excluding hydrogens is 498 g/mol. The second-order valence-electron chi connectivity index (χ2n) is 9.63. The van der Waals surface area contributed by atoms with Crippen LogP contribution >= 0.6 is 0 Å². The Morgan fingerprint density at radius 1 is 1.03 bits per heavy atom. The number of hydrogen-bond donors (Lipinski definition) is 1. The van der Waals surface area contributed by atoms with Crippen LogP contribution in [0.25, 0.3) is 5.76 Å². The number of aliphatic hydroxyl groups is 1. The van der Waals surface area contributed by atoms with Gasteiger partial charge in [-0.25, -0.2) is 4.98 Å². The maximum atomic E-state index is 13.4. The fraction of sp³-hybridized carbons (Fsp3) is 0.367. The second-order valence-corrected chi connectivity index (χ2v) is 9.63. The third kappa shape index (κ3) is 5.77. The summed E-state index contributed by atoms with van der Waals surface area (Å²) in [6.45, 7) is 4.59. The Morgan fingerprint density at radius 2 is 1.82 bits per heavy atom. The number of nitrogens with zero attached hydrogens (tertiary/aromatic N) is 3. The van der Waals surface area contributed by atoms with Crippen LogP contribution in [0.2, 0.25) is 0 Å². The molecule has 2 aromatic carbocycles. The molecule has 9 nitrogen and oxygen atoms in total. The number of ketones is 1. The lowest BCUT2D eigenvalue weighted by atomic mass is 9.95. The first kappa shape index (κ1) is 26.3. The Kier molecular flexibility index (Phi) is 8.15. The molecule has 3 heterocycles.